The number of piperazine rings is 1. The topological polar surface area (TPSA) is 35.7 Å². The molecule has 1 unspecified atom stereocenters. The van der Waals surface area contributed by atoms with E-state index in [0.717, 1.165) is 13.1 Å². The minimum atomic E-state index is 0.249. The highest BCUT2D eigenvalue weighted by Crippen LogP contribution is 2.28. The van der Waals surface area contributed by atoms with Gasteiger partial charge in [0, 0.05) is 50.3 Å². The first-order chi connectivity index (χ1) is 8.37. The molecule has 0 spiro atoms. The zero-order chi connectivity index (χ0) is 13.4. The van der Waals surface area contributed by atoms with Crippen LogP contribution in [0.25, 0.3) is 0 Å². The Labute approximate surface area is 112 Å². The maximum atomic E-state index is 6.10. The van der Waals surface area contributed by atoms with Gasteiger partial charge in [-0.25, -0.2) is 0 Å². The van der Waals surface area contributed by atoms with Crippen LogP contribution in [0.15, 0.2) is 0 Å². The van der Waals surface area contributed by atoms with Gasteiger partial charge in [-0.05, 0) is 40.8 Å². The van der Waals surface area contributed by atoms with Gasteiger partial charge in [-0.15, -0.1) is 0 Å². The molecule has 2 heterocycles. The predicted octanol–water partition coefficient (Wildman–Crippen LogP) is 0.436. The van der Waals surface area contributed by atoms with E-state index in [-0.39, 0.29) is 5.54 Å². The Morgan fingerprint density at radius 2 is 1.67 bits per heavy atom. The normalized spacial score (nSPS) is 33.2. The molecule has 2 aliphatic rings. The largest absolute Gasteiger partial charge is 0.329 e. The molecular weight excluding hydrogens is 224 g/mol. The summed E-state index contributed by atoms with van der Waals surface area (Å²) in [6.07, 6.45) is 1.23. The van der Waals surface area contributed by atoms with Crippen molar-refractivity contribution in [3.8, 4) is 0 Å². The Balaban J connectivity index is 1.96. The second-order valence-electron chi connectivity index (χ2n) is 7.06. The van der Waals surface area contributed by atoms with Gasteiger partial charge in [-0.3, -0.25) is 9.80 Å². The van der Waals surface area contributed by atoms with Crippen molar-refractivity contribution in [2.24, 2.45) is 5.73 Å². The number of likely N-dealkylation sites (tertiary alicyclic amines) is 1. The van der Waals surface area contributed by atoms with Crippen molar-refractivity contribution in [1.29, 1.82) is 0 Å². The Kier molecular flexibility index (Phi) is 4.02. The fourth-order valence-electron chi connectivity index (χ4n) is 3.46. The van der Waals surface area contributed by atoms with Gasteiger partial charge in [-0.2, -0.15) is 0 Å². The molecule has 0 aromatic rings. The number of nitrogens with zero attached hydrogens (tertiary/aromatic N) is 3. The fraction of sp³-hybridized carbons (Fsp3) is 1.00. The summed E-state index contributed by atoms with van der Waals surface area (Å²) in [4.78, 5) is 7.66. The minimum Gasteiger partial charge on any atom is -0.329 e. The molecule has 0 saturated carbocycles. The van der Waals surface area contributed by atoms with Crippen molar-refractivity contribution >= 4 is 0 Å². The highest BCUT2D eigenvalue weighted by Gasteiger charge is 2.42. The van der Waals surface area contributed by atoms with Crippen molar-refractivity contribution < 1.29 is 0 Å². The second-order valence-corrected chi connectivity index (χ2v) is 7.06. The molecule has 2 rings (SSSR count). The van der Waals surface area contributed by atoms with Gasteiger partial charge in [-0.1, -0.05) is 0 Å². The molecule has 2 N–H and O–H groups in total. The standard InChI is InChI=1S/C14H30N4/c1-13(2,3)17-7-9-18(10-8-17)14(11-15)5-6-16(4)12-14/h5-12,15H2,1-4H3. The van der Waals surface area contributed by atoms with Crippen LogP contribution in [-0.2, 0) is 0 Å². The first-order valence-corrected chi connectivity index (χ1v) is 7.26. The average Bonchev–Trinajstić information content (AvgIpc) is 2.71. The SMILES string of the molecule is CN1CCC(CN)(N2CCN(C(C)(C)C)CC2)C1. The van der Waals surface area contributed by atoms with Crippen LogP contribution in [-0.4, -0.2) is 78.6 Å². The Hall–Kier alpha value is -0.160. The van der Waals surface area contributed by atoms with Crippen LogP contribution in [0.1, 0.15) is 27.2 Å². The van der Waals surface area contributed by atoms with E-state index in [0.29, 0.717) is 5.54 Å². The maximum absolute atomic E-state index is 6.10. The molecule has 2 saturated heterocycles. The van der Waals surface area contributed by atoms with E-state index >= 15 is 0 Å². The quantitative estimate of drug-likeness (QED) is 0.775. The number of rotatable bonds is 2. The van der Waals surface area contributed by atoms with Crippen LogP contribution in [0.5, 0.6) is 0 Å². The van der Waals surface area contributed by atoms with E-state index in [4.69, 9.17) is 5.73 Å². The Morgan fingerprint density at radius 3 is 2.06 bits per heavy atom. The molecular formula is C14H30N4. The van der Waals surface area contributed by atoms with Gasteiger partial charge in [0.25, 0.3) is 0 Å². The maximum Gasteiger partial charge on any atom is 0.0471 e. The molecule has 106 valence electrons. The van der Waals surface area contributed by atoms with Crippen LogP contribution in [0.3, 0.4) is 0 Å². The van der Waals surface area contributed by atoms with Crippen LogP contribution < -0.4 is 5.73 Å². The summed E-state index contributed by atoms with van der Waals surface area (Å²) < 4.78 is 0. The van der Waals surface area contributed by atoms with Crippen LogP contribution in [0.4, 0.5) is 0 Å². The first-order valence-electron chi connectivity index (χ1n) is 7.26. The van der Waals surface area contributed by atoms with Crippen molar-refractivity contribution in [1.82, 2.24) is 14.7 Å². The first kappa shape index (κ1) is 14.3. The van der Waals surface area contributed by atoms with Gasteiger partial charge >= 0.3 is 0 Å². The molecule has 2 fully saturated rings. The highest BCUT2D eigenvalue weighted by molar-refractivity contribution is 5.01. The third-order valence-electron chi connectivity index (χ3n) is 4.80. The van der Waals surface area contributed by atoms with E-state index in [9.17, 15) is 0 Å². The average molecular weight is 254 g/mol. The molecule has 0 aromatic heterocycles. The van der Waals surface area contributed by atoms with Crippen molar-refractivity contribution in [2.45, 2.75) is 38.3 Å². The van der Waals surface area contributed by atoms with Gasteiger partial charge in [0.15, 0.2) is 0 Å². The molecule has 18 heavy (non-hydrogen) atoms. The summed E-state index contributed by atoms with van der Waals surface area (Å²) in [6.45, 7) is 14.7. The number of hydrogen-bond acceptors (Lipinski definition) is 4. The van der Waals surface area contributed by atoms with Crippen molar-refractivity contribution in [3.05, 3.63) is 0 Å². The summed E-state index contributed by atoms with van der Waals surface area (Å²) in [6, 6.07) is 0. The van der Waals surface area contributed by atoms with Crippen LogP contribution in [0, 0.1) is 0 Å². The molecule has 4 heteroatoms. The zero-order valence-electron chi connectivity index (χ0n) is 12.6. The van der Waals surface area contributed by atoms with Crippen LogP contribution in [0.2, 0.25) is 0 Å². The lowest BCUT2D eigenvalue weighted by Crippen LogP contribution is -2.63. The van der Waals surface area contributed by atoms with E-state index < -0.39 is 0 Å². The smallest absolute Gasteiger partial charge is 0.0471 e. The predicted molar refractivity (Wildman–Crippen MR) is 76.8 cm³/mol. The molecule has 0 aromatic carbocycles. The highest BCUT2D eigenvalue weighted by atomic mass is 15.3. The summed E-state index contributed by atoms with van der Waals surface area (Å²) in [5.74, 6) is 0. The van der Waals surface area contributed by atoms with E-state index in [1.54, 1.807) is 0 Å². The summed E-state index contributed by atoms with van der Waals surface area (Å²) in [7, 11) is 2.21. The van der Waals surface area contributed by atoms with E-state index in [1.807, 2.05) is 0 Å². The molecule has 0 radical (unpaired) electrons. The number of nitrogens with two attached hydrogens (primary N) is 1. The van der Waals surface area contributed by atoms with Gasteiger partial charge < -0.3 is 10.6 Å². The molecule has 4 nitrogen and oxygen atoms in total. The monoisotopic (exact) mass is 254 g/mol. The lowest BCUT2D eigenvalue weighted by atomic mass is 9.94. The lowest BCUT2D eigenvalue weighted by Gasteiger charge is -2.48. The summed E-state index contributed by atoms with van der Waals surface area (Å²) in [5, 5.41) is 0. The number of hydrogen-bond donors (Lipinski definition) is 1. The van der Waals surface area contributed by atoms with Crippen molar-refractivity contribution in [3.63, 3.8) is 0 Å². The lowest BCUT2D eigenvalue weighted by molar-refractivity contribution is 0.00830. The van der Waals surface area contributed by atoms with Crippen molar-refractivity contribution in [2.75, 3.05) is 52.9 Å². The van der Waals surface area contributed by atoms with E-state index in [2.05, 4.69) is 42.5 Å². The summed E-state index contributed by atoms with van der Waals surface area (Å²) >= 11 is 0. The molecule has 0 bridgehead atoms. The zero-order valence-corrected chi connectivity index (χ0v) is 12.6. The third kappa shape index (κ3) is 2.72. The number of likely N-dealkylation sites (N-methyl/N-ethyl adjacent to an activating group) is 1. The third-order valence-corrected chi connectivity index (χ3v) is 4.80. The molecule has 1 atom stereocenters. The summed E-state index contributed by atoms with van der Waals surface area (Å²) in [5.41, 5.74) is 6.65. The molecule has 0 amide bonds. The molecule has 0 aliphatic carbocycles. The fourth-order valence-corrected chi connectivity index (χ4v) is 3.46. The van der Waals surface area contributed by atoms with Gasteiger partial charge in [0.05, 0.1) is 0 Å². The minimum absolute atomic E-state index is 0.249. The van der Waals surface area contributed by atoms with E-state index in [1.165, 1.54) is 39.1 Å². The Morgan fingerprint density at radius 1 is 1.06 bits per heavy atom. The second kappa shape index (κ2) is 5.08. The Bertz CT molecular complexity index is 278. The molecule has 2 aliphatic heterocycles. The van der Waals surface area contributed by atoms with Gasteiger partial charge in [0.1, 0.15) is 0 Å². The van der Waals surface area contributed by atoms with Gasteiger partial charge in [0.2, 0.25) is 0 Å². The van der Waals surface area contributed by atoms with Crippen LogP contribution >= 0.6 is 0 Å².